The summed E-state index contributed by atoms with van der Waals surface area (Å²) in [6, 6.07) is 3.86. The van der Waals surface area contributed by atoms with E-state index in [1.54, 1.807) is 0 Å². The first-order chi connectivity index (χ1) is 8.74. The second kappa shape index (κ2) is 6.06. The molecule has 1 aromatic rings. The molecule has 3 N–H and O–H groups in total. The number of aliphatic hydroxyl groups is 2. The first-order valence-corrected chi connectivity index (χ1v) is 7.14. The van der Waals surface area contributed by atoms with Crippen molar-refractivity contribution in [3.05, 3.63) is 39.9 Å². The van der Waals surface area contributed by atoms with Gasteiger partial charge < -0.3 is 10.2 Å². The number of hydrogen-bond donors (Lipinski definition) is 3. The van der Waals surface area contributed by atoms with Crippen molar-refractivity contribution in [2.24, 2.45) is 0 Å². The SMILES string of the molecule is CS(=O)(=O)N[C@H](CO)[C@H](O)c1ccc([N+](=O)[O-])cc1. The number of nitrogens with one attached hydrogen (secondary N) is 1. The first-order valence-electron chi connectivity index (χ1n) is 5.25. The largest absolute Gasteiger partial charge is 0.395 e. The van der Waals surface area contributed by atoms with E-state index in [1.165, 1.54) is 24.3 Å². The molecule has 19 heavy (non-hydrogen) atoms. The van der Waals surface area contributed by atoms with Gasteiger partial charge in [0, 0.05) is 12.1 Å². The van der Waals surface area contributed by atoms with Crippen LogP contribution in [0.15, 0.2) is 24.3 Å². The number of hydrogen-bond acceptors (Lipinski definition) is 6. The third-order valence-electron chi connectivity index (χ3n) is 2.39. The zero-order valence-electron chi connectivity index (χ0n) is 10.1. The van der Waals surface area contributed by atoms with E-state index in [-0.39, 0.29) is 11.3 Å². The van der Waals surface area contributed by atoms with Crippen molar-refractivity contribution in [2.75, 3.05) is 12.9 Å². The number of nitro benzene ring substituents is 1. The number of sulfonamides is 1. The van der Waals surface area contributed by atoms with Crippen LogP contribution in [0.3, 0.4) is 0 Å². The lowest BCUT2D eigenvalue weighted by molar-refractivity contribution is -0.384. The number of benzene rings is 1. The molecule has 0 saturated heterocycles. The molecule has 0 spiro atoms. The van der Waals surface area contributed by atoms with Gasteiger partial charge in [-0.3, -0.25) is 10.1 Å². The summed E-state index contributed by atoms with van der Waals surface area (Å²) in [5.41, 5.74) is 0.119. The van der Waals surface area contributed by atoms with Gasteiger partial charge in [-0.1, -0.05) is 0 Å². The quantitative estimate of drug-likeness (QED) is 0.480. The maximum absolute atomic E-state index is 11.1. The van der Waals surface area contributed by atoms with Gasteiger partial charge in [-0.05, 0) is 17.7 Å². The Hall–Kier alpha value is -1.55. The molecule has 106 valence electrons. The van der Waals surface area contributed by atoms with Crippen LogP contribution in [0, 0.1) is 10.1 Å². The first kappa shape index (κ1) is 15.5. The lowest BCUT2D eigenvalue weighted by Gasteiger charge is -2.21. The Morgan fingerprint density at radius 3 is 2.26 bits per heavy atom. The van der Waals surface area contributed by atoms with Crippen LogP contribution in [-0.4, -0.2) is 42.5 Å². The van der Waals surface area contributed by atoms with Crippen molar-refractivity contribution in [1.82, 2.24) is 4.72 Å². The molecular formula is C10H14N2O6S. The van der Waals surface area contributed by atoms with Crippen molar-refractivity contribution in [3.63, 3.8) is 0 Å². The van der Waals surface area contributed by atoms with Crippen LogP contribution in [0.5, 0.6) is 0 Å². The molecule has 0 saturated carbocycles. The van der Waals surface area contributed by atoms with Crippen LogP contribution < -0.4 is 4.72 Å². The van der Waals surface area contributed by atoms with E-state index in [9.17, 15) is 23.6 Å². The van der Waals surface area contributed by atoms with E-state index in [2.05, 4.69) is 4.72 Å². The minimum absolute atomic E-state index is 0.146. The van der Waals surface area contributed by atoms with E-state index >= 15 is 0 Å². The summed E-state index contributed by atoms with van der Waals surface area (Å²) in [5, 5.41) is 29.5. The molecule has 0 aliphatic heterocycles. The Bertz CT molecular complexity index is 542. The second-order valence-electron chi connectivity index (χ2n) is 3.97. The van der Waals surface area contributed by atoms with Gasteiger partial charge in [0.05, 0.1) is 29.9 Å². The van der Waals surface area contributed by atoms with Gasteiger partial charge >= 0.3 is 0 Å². The Kier molecular flexibility index (Phi) is 4.95. The Balaban J connectivity index is 2.91. The van der Waals surface area contributed by atoms with Crippen molar-refractivity contribution >= 4 is 15.7 Å². The molecule has 0 aromatic heterocycles. The number of nitro groups is 1. The van der Waals surface area contributed by atoms with Crippen LogP contribution in [0.2, 0.25) is 0 Å². The standard InChI is InChI=1S/C10H14N2O6S/c1-19(17,18)11-9(6-13)10(14)7-2-4-8(5-3-7)12(15)16/h2-5,9-11,13-14H,6H2,1H3/t9-,10-/m1/s1. The molecule has 0 heterocycles. The average molecular weight is 290 g/mol. The fourth-order valence-corrected chi connectivity index (χ4v) is 2.26. The summed E-state index contributed by atoms with van der Waals surface area (Å²) in [6.07, 6.45) is -0.404. The Morgan fingerprint density at radius 2 is 1.89 bits per heavy atom. The number of non-ortho nitro benzene ring substituents is 1. The molecule has 8 nitrogen and oxygen atoms in total. The van der Waals surface area contributed by atoms with Gasteiger partial charge in [0.2, 0.25) is 10.0 Å². The molecular weight excluding hydrogens is 276 g/mol. The molecule has 1 rings (SSSR count). The third-order valence-corrected chi connectivity index (χ3v) is 3.12. The highest BCUT2D eigenvalue weighted by molar-refractivity contribution is 7.88. The summed E-state index contributed by atoms with van der Waals surface area (Å²) < 4.78 is 24.2. The minimum atomic E-state index is -3.59. The topological polar surface area (TPSA) is 130 Å². The highest BCUT2D eigenvalue weighted by atomic mass is 32.2. The van der Waals surface area contributed by atoms with E-state index in [0.29, 0.717) is 0 Å². The van der Waals surface area contributed by atoms with Crippen molar-refractivity contribution in [3.8, 4) is 0 Å². The molecule has 0 bridgehead atoms. The monoisotopic (exact) mass is 290 g/mol. The highest BCUT2D eigenvalue weighted by Gasteiger charge is 2.23. The Morgan fingerprint density at radius 1 is 1.37 bits per heavy atom. The van der Waals surface area contributed by atoms with Crippen LogP contribution in [-0.2, 0) is 10.0 Å². The lowest BCUT2D eigenvalue weighted by Crippen LogP contribution is -2.41. The minimum Gasteiger partial charge on any atom is -0.395 e. The summed E-state index contributed by atoms with van der Waals surface area (Å²) in [4.78, 5) is 9.88. The second-order valence-corrected chi connectivity index (χ2v) is 5.75. The van der Waals surface area contributed by atoms with E-state index < -0.39 is 33.7 Å². The molecule has 0 radical (unpaired) electrons. The highest BCUT2D eigenvalue weighted by Crippen LogP contribution is 2.20. The molecule has 1 aromatic carbocycles. The lowest BCUT2D eigenvalue weighted by atomic mass is 10.0. The van der Waals surface area contributed by atoms with Crippen LogP contribution in [0.1, 0.15) is 11.7 Å². The molecule has 0 fully saturated rings. The van der Waals surface area contributed by atoms with Crippen LogP contribution >= 0.6 is 0 Å². The predicted molar refractivity (Wildman–Crippen MR) is 66.9 cm³/mol. The summed E-state index contributed by atoms with van der Waals surface area (Å²) in [5.74, 6) is 0. The summed E-state index contributed by atoms with van der Waals surface area (Å²) >= 11 is 0. The number of rotatable bonds is 6. The zero-order valence-corrected chi connectivity index (χ0v) is 10.9. The van der Waals surface area contributed by atoms with Gasteiger partial charge in [0.25, 0.3) is 5.69 Å². The summed E-state index contributed by atoms with van der Waals surface area (Å²) in [7, 11) is -3.59. The van der Waals surface area contributed by atoms with E-state index in [4.69, 9.17) is 5.11 Å². The Labute approximate surface area is 109 Å². The molecule has 0 amide bonds. The van der Waals surface area contributed by atoms with Crippen molar-refractivity contribution < 1.29 is 23.6 Å². The molecule has 0 aliphatic rings. The van der Waals surface area contributed by atoms with Crippen molar-refractivity contribution in [1.29, 1.82) is 0 Å². The predicted octanol–water partition coefficient (Wildman–Crippen LogP) is -0.462. The molecule has 0 aliphatic carbocycles. The van der Waals surface area contributed by atoms with Gasteiger partial charge in [-0.15, -0.1) is 0 Å². The molecule has 9 heteroatoms. The smallest absolute Gasteiger partial charge is 0.269 e. The maximum Gasteiger partial charge on any atom is 0.269 e. The van der Waals surface area contributed by atoms with E-state index in [0.717, 1.165) is 6.26 Å². The fraction of sp³-hybridized carbons (Fsp3) is 0.400. The van der Waals surface area contributed by atoms with Crippen molar-refractivity contribution in [2.45, 2.75) is 12.1 Å². The fourth-order valence-electron chi connectivity index (χ4n) is 1.50. The summed E-state index contributed by atoms with van der Waals surface area (Å²) in [6.45, 7) is -0.606. The van der Waals surface area contributed by atoms with Crippen LogP contribution in [0.4, 0.5) is 5.69 Å². The normalized spacial score (nSPS) is 14.9. The zero-order chi connectivity index (χ0) is 14.6. The van der Waals surface area contributed by atoms with Gasteiger partial charge in [-0.25, -0.2) is 13.1 Å². The van der Waals surface area contributed by atoms with Gasteiger partial charge in [0.1, 0.15) is 0 Å². The van der Waals surface area contributed by atoms with Crippen LogP contribution in [0.25, 0.3) is 0 Å². The van der Waals surface area contributed by atoms with E-state index in [1.807, 2.05) is 0 Å². The number of aliphatic hydroxyl groups excluding tert-OH is 2. The third kappa shape index (κ3) is 4.56. The molecule has 2 atom stereocenters. The van der Waals surface area contributed by atoms with Gasteiger partial charge in [-0.2, -0.15) is 0 Å². The number of nitrogens with zero attached hydrogens (tertiary/aromatic N) is 1. The van der Waals surface area contributed by atoms with Gasteiger partial charge in [0.15, 0.2) is 0 Å². The molecule has 0 unspecified atom stereocenters. The average Bonchev–Trinajstić information content (AvgIpc) is 2.34. The maximum atomic E-state index is 11.1.